The second-order valence-electron chi connectivity index (χ2n) is 4.28. The maximum atomic E-state index is 6.45. The molecule has 0 radical (unpaired) electrons. The largest absolute Gasteiger partial charge is 0.495 e. The van der Waals surface area contributed by atoms with Gasteiger partial charge in [-0.25, -0.2) is 0 Å². The van der Waals surface area contributed by atoms with Gasteiger partial charge in [-0.05, 0) is 12.8 Å². The summed E-state index contributed by atoms with van der Waals surface area (Å²) in [4.78, 5) is 4.08. The first-order valence-electron chi connectivity index (χ1n) is 5.56. The molecule has 4 nitrogen and oxygen atoms in total. The Labute approximate surface area is 95.8 Å². The van der Waals surface area contributed by atoms with Gasteiger partial charge in [0.25, 0.3) is 0 Å². The molecule has 2 N–H and O–H groups in total. The van der Waals surface area contributed by atoms with E-state index in [1.165, 1.54) is 0 Å². The fourth-order valence-electron chi connectivity index (χ4n) is 2.48. The van der Waals surface area contributed by atoms with Crippen molar-refractivity contribution in [3.8, 4) is 11.5 Å². The number of aromatic nitrogens is 1. The van der Waals surface area contributed by atoms with Crippen LogP contribution >= 0.6 is 0 Å². The first kappa shape index (κ1) is 11.2. The first-order valence-corrected chi connectivity index (χ1v) is 5.56. The fourth-order valence-corrected chi connectivity index (χ4v) is 2.48. The molecule has 1 aromatic heterocycles. The number of hydrogen-bond acceptors (Lipinski definition) is 4. The van der Waals surface area contributed by atoms with Crippen LogP contribution in [0, 0.1) is 0 Å². The van der Waals surface area contributed by atoms with Gasteiger partial charge in [0, 0.05) is 5.54 Å². The number of nitrogens with two attached hydrogens (primary N) is 1. The molecule has 0 aliphatic heterocycles. The highest BCUT2D eigenvalue weighted by Crippen LogP contribution is 2.44. The van der Waals surface area contributed by atoms with E-state index in [2.05, 4.69) is 4.98 Å². The zero-order chi connectivity index (χ0) is 11.6. The van der Waals surface area contributed by atoms with Crippen LogP contribution in [0.4, 0.5) is 0 Å². The maximum Gasteiger partial charge on any atom is 0.145 e. The molecule has 0 amide bonds. The third kappa shape index (κ3) is 1.73. The lowest BCUT2D eigenvalue weighted by Gasteiger charge is -2.27. The van der Waals surface area contributed by atoms with Crippen molar-refractivity contribution < 1.29 is 9.47 Å². The smallest absolute Gasteiger partial charge is 0.145 e. The van der Waals surface area contributed by atoms with E-state index in [0.717, 1.165) is 42.7 Å². The van der Waals surface area contributed by atoms with Gasteiger partial charge in [-0.1, -0.05) is 12.8 Å². The summed E-state index contributed by atoms with van der Waals surface area (Å²) in [6.07, 6.45) is 7.67. The molecule has 1 aromatic rings. The lowest BCUT2D eigenvalue weighted by atomic mass is 9.88. The quantitative estimate of drug-likeness (QED) is 0.847. The number of methoxy groups -OCH3 is 2. The number of hydrogen-bond donors (Lipinski definition) is 1. The van der Waals surface area contributed by atoms with Gasteiger partial charge >= 0.3 is 0 Å². The molecule has 4 heteroatoms. The molecule has 0 atom stereocenters. The Morgan fingerprint density at radius 1 is 1.12 bits per heavy atom. The number of rotatable bonds is 3. The van der Waals surface area contributed by atoms with Gasteiger partial charge in [-0.15, -0.1) is 0 Å². The van der Waals surface area contributed by atoms with Crippen molar-refractivity contribution >= 4 is 0 Å². The molecule has 88 valence electrons. The molecule has 1 aliphatic rings. The number of pyridine rings is 1. The summed E-state index contributed by atoms with van der Waals surface area (Å²) in [6.45, 7) is 0. The van der Waals surface area contributed by atoms with Gasteiger partial charge in [0.2, 0.25) is 0 Å². The van der Waals surface area contributed by atoms with Gasteiger partial charge in [-0.2, -0.15) is 0 Å². The van der Waals surface area contributed by atoms with E-state index in [1.54, 1.807) is 26.6 Å². The summed E-state index contributed by atoms with van der Waals surface area (Å²) in [5, 5.41) is 0. The summed E-state index contributed by atoms with van der Waals surface area (Å²) in [6, 6.07) is 0. The van der Waals surface area contributed by atoms with Crippen molar-refractivity contribution in [1.29, 1.82) is 0 Å². The minimum atomic E-state index is -0.320. The van der Waals surface area contributed by atoms with Gasteiger partial charge in [-0.3, -0.25) is 4.98 Å². The fraction of sp³-hybridized carbons (Fsp3) is 0.583. The van der Waals surface area contributed by atoms with Crippen molar-refractivity contribution in [3.05, 3.63) is 18.0 Å². The molecule has 1 heterocycles. The van der Waals surface area contributed by atoms with Crippen LogP contribution in [0.15, 0.2) is 12.4 Å². The van der Waals surface area contributed by atoms with Crippen LogP contribution < -0.4 is 15.2 Å². The Hall–Kier alpha value is -1.29. The second-order valence-corrected chi connectivity index (χ2v) is 4.28. The van der Waals surface area contributed by atoms with Gasteiger partial charge < -0.3 is 15.2 Å². The SMILES string of the molecule is COc1cncc(OC)c1C1(N)CCCC1. The minimum Gasteiger partial charge on any atom is -0.495 e. The topological polar surface area (TPSA) is 57.4 Å². The van der Waals surface area contributed by atoms with Crippen LogP contribution in [0.25, 0.3) is 0 Å². The Morgan fingerprint density at radius 2 is 1.62 bits per heavy atom. The molecular weight excluding hydrogens is 204 g/mol. The van der Waals surface area contributed by atoms with E-state index in [-0.39, 0.29) is 5.54 Å². The molecule has 0 saturated heterocycles. The number of nitrogens with zero attached hydrogens (tertiary/aromatic N) is 1. The molecule has 0 unspecified atom stereocenters. The van der Waals surface area contributed by atoms with Crippen molar-refractivity contribution in [2.24, 2.45) is 5.73 Å². The molecule has 1 saturated carbocycles. The van der Waals surface area contributed by atoms with Gasteiger partial charge in [0.15, 0.2) is 0 Å². The molecule has 0 bridgehead atoms. The monoisotopic (exact) mass is 222 g/mol. The third-order valence-electron chi connectivity index (χ3n) is 3.31. The zero-order valence-electron chi connectivity index (χ0n) is 9.82. The van der Waals surface area contributed by atoms with Crippen LogP contribution in [0.5, 0.6) is 11.5 Å². The average Bonchev–Trinajstić information content (AvgIpc) is 2.76. The van der Waals surface area contributed by atoms with E-state index in [9.17, 15) is 0 Å². The summed E-state index contributed by atoms with van der Waals surface area (Å²) in [5.41, 5.74) is 7.09. The van der Waals surface area contributed by atoms with Crippen LogP contribution in [0.3, 0.4) is 0 Å². The minimum absolute atomic E-state index is 0.320. The van der Waals surface area contributed by atoms with Crippen molar-refractivity contribution in [2.75, 3.05) is 14.2 Å². The molecule has 0 aromatic carbocycles. The van der Waals surface area contributed by atoms with E-state index >= 15 is 0 Å². The first-order chi connectivity index (χ1) is 7.71. The maximum absolute atomic E-state index is 6.45. The van der Waals surface area contributed by atoms with Gasteiger partial charge in [0.05, 0.1) is 32.2 Å². The highest BCUT2D eigenvalue weighted by molar-refractivity contribution is 5.47. The zero-order valence-corrected chi connectivity index (χ0v) is 9.82. The van der Waals surface area contributed by atoms with Crippen molar-refractivity contribution in [1.82, 2.24) is 4.98 Å². The third-order valence-corrected chi connectivity index (χ3v) is 3.31. The predicted molar refractivity (Wildman–Crippen MR) is 61.7 cm³/mol. The molecule has 0 spiro atoms. The standard InChI is InChI=1S/C12H18N2O2/c1-15-9-7-14-8-10(16-2)11(9)12(13)5-3-4-6-12/h7-8H,3-6,13H2,1-2H3. The Balaban J connectivity index is 2.51. The molecule has 1 aliphatic carbocycles. The normalized spacial score (nSPS) is 18.4. The Bertz CT molecular complexity index is 351. The van der Waals surface area contributed by atoms with Crippen molar-refractivity contribution in [2.45, 2.75) is 31.2 Å². The van der Waals surface area contributed by atoms with Crippen LogP contribution in [0.2, 0.25) is 0 Å². The summed E-state index contributed by atoms with van der Waals surface area (Å²) >= 11 is 0. The van der Waals surface area contributed by atoms with E-state index in [4.69, 9.17) is 15.2 Å². The van der Waals surface area contributed by atoms with Crippen molar-refractivity contribution in [3.63, 3.8) is 0 Å². The van der Waals surface area contributed by atoms with E-state index in [0.29, 0.717) is 0 Å². The Morgan fingerprint density at radius 3 is 2.06 bits per heavy atom. The highest BCUT2D eigenvalue weighted by atomic mass is 16.5. The lowest BCUT2D eigenvalue weighted by Crippen LogP contribution is -2.34. The average molecular weight is 222 g/mol. The summed E-state index contributed by atoms with van der Waals surface area (Å²) in [5.74, 6) is 1.45. The van der Waals surface area contributed by atoms with Crippen LogP contribution in [-0.2, 0) is 5.54 Å². The number of ether oxygens (including phenoxy) is 2. The molecular formula is C12H18N2O2. The molecule has 2 rings (SSSR count). The van der Waals surface area contributed by atoms with E-state index < -0.39 is 0 Å². The van der Waals surface area contributed by atoms with E-state index in [1.807, 2.05) is 0 Å². The molecule has 16 heavy (non-hydrogen) atoms. The Kier molecular flexibility index (Phi) is 3.01. The highest BCUT2D eigenvalue weighted by Gasteiger charge is 2.36. The lowest BCUT2D eigenvalue weighted by molar-refractivity contribution is 0.345. The molecule has 1 fully saturated rings. The predicted octanol–water partition coefficient (Wildman–Crippen LogP) is 1.83. The summed E-state index contributed by atoms with van der Waals surface area (Å²) in [7, 11) is 3.27. The van der Waals surface area contributed by atoms with Crippen LogP contribution in [-0.4, -0.2) is 19.2 Å². The second kappa shape index (κ2) is 4.29. The van der Waals surface area contributed by atoms with Gasteiger partial charge in [0.1, 0.15) is 11.5 Å². The summed E-state index contributed by atoms with van der Waals surface area (Å²) < 4.78 is 10.7. The van der Waals surface area contributed by atoms with Crippen LogP contribution in [0.1, 0.15) is 31.2 Å².